The lowest BCUT2D eigenvalue weighted by molar-refractivity contribution is -0.116. The van der Waals surface area contributed by atoms with Crippen LogP contribution in [-0.4, -0.2) is 19.0 Å². The van der Waals surface area contributed by atoms with E-state index in [1.165, 1.54) is 5.56 Å². The highest BCUT2D eigenvalue weighted by Crippen LogP contribution is 2.15. The van der Waals surface area contributed by atoms with Crippen molar-refractivity contribution in [3.63, 3.8) is 0 Å². The summed E-state index contributed by atoms with van der Waals surface area (Å²) in [6.07, 6.45) is 1.01. The van der Waals surface area contributed by atoms with Crippen LogP contribution in [0.2, 0.25) is 0 Å². The van der Waals surface area contributed by atoms with Crippen LogP contribution in [0.3, 0.4) is 0 Å². The summed E-state index contributed by atoms with van der Waals surface area (Å²) in [6.45, 7) is 4.72. The number of hydrogen-bond acceptors (Lipinski definition) is 2. The Labute approximate surface area is 90.9 Å². The van der Waals surface area contributed by atoms with E-state index in [-0.39, 0.29) is 5.91 Å². The number of benzene rings is 1. The van der Waals surface area contributed by atoms with Crippen LogP contribution in [0.25, 0.3) is 0 Å². The topological polar surface area (TPSA) is 46.3 Å². The molecular weight excluding hydrogens is 188 g/mol. The molecule has 0 aliphatic heterocycles. The van der Waals surface area contributed by atoms with Crippen molar-refractivity contribution in [3.05, 3.63) is 29.8 Å². The van der Waals surface area contributed by atoms with Crippen molar-refractivity contribution in [3.8, 4) is 0 Å². The molecule has 1 aromatic rings. The fourth-order valence-corrected chi connectivity index (χ4v) is 1.51. The van der Waals surface area contributed by atoms with Gasteiger partial charge in [0, 0.05) is 25.7 Å². The summed E-state index contributed by atoms with van der Waals surface area (Å²) in [7, 11) is 0. The first-order chi connectivity index (χ1) is 7.19. The van der Waals surface area contributed by atoms with E-state index >= 15 is 0 Å². The first kappa shape index (κ1) is 11.7. The molecule has 0 saturated carbocycles. The van der Waals surface area contributed by atoms with Crippen molar-refractivity contribution < 1.29 is 4.79 Å². The van der Waals surface area contributed by atoms with Gasteiger partial charge in [0.05, 0.1) is 0 Å². The molecule has 0 fully saturated rings. The molecule has 0 aliphatic carbocycles. The average Bonchev–Trinajstić information content (AvgIpc) is 2.26. The lowest BCUT2D eigenvalue weighted by Gasteiger charge is -2.20. The minimum Gasteiger partial charge on any atom is -0.329 e. The van der Waals surface area contributed by atoms with E-state index in [0.29, 0.717) is 13.1 Å². The van der Waals surface area contributed by atoms with E-state index in [1.807, 2.05) is 24.3 Å². The molecule has 3 nitrogen and oxygen atoms in total. The second-order valence-corrected chi connectivity index (χ2v) is 3.48. The summed E-state index contributed by atoms with van der Waals surface area (Å²) in [6, 6.07) is 8.02. The lowest BCUT2D eigenvalue weighted by atomic mass is 10.1. The zero-order chi connectivity index (χ0) is 11.3. The molecule has 0 spiro atoms. The Morgan fingerprint density at radius 3 is 2.33 bits per heavy atom. The number of rotatable bonds is 4. The van der Waals surface area contributed by atoms with Gasteiger partial charge >= 0.3 is 0 Å². The standard InChI is InChI=1S/C12H18N2O/c1-3-11-4-6-12(7-5-11)14(9-8-13)10(2)15/h4-7H,3,8-9,13H2,1-2H3. The molecule has 0 aliphatic rings. The van der Waals surface area contributed by atoms with Gasteiger partial charge in [-0.15, -0.1) is 0 Å². The van der Waals surface area contributed by atoms with Gasteiger partial charge in [-0.25, -0.2) is 0 Å². The minimum absolute atomic E-state index is 0.0321. The number of anilines is 1. The molecule has 0 saturated heterocycles. The largest absolute Gasteiger partial charge is 0.329 e. The fourth-order valence-electron chi connectivity index (χ4n) is 1.51. The van der Waals surface area contributed by atoms with Crippen molar-refractivity contribution in [2.24, 2.45) is 5.73 Å². The second kappa shape index (κ2) is 5.51. The molecule has 1 aromatic carbocycles. The number of hydrogen-bond donors (Lipinski definition) is 1. The van der Waals surface area contributed by atoms with E-state index in [0.717, 1.165) is 12.1 Å². The van der Waals surface area contributed by atoms with Gasteiger partial charge in [-0.3, -0.25) is 4.79 Å². The average molecular weight is 206 g/mol. The van der Waals surface area contributed by atoms with Crippen LogP contribution in [0, 0.1) is 0 Å². The Morgan fingerprint density at radius 1 is 1.33 bits per heavy atom. The molecule has 0 heterocycles. The molecule has 0 unspecified atom stereocenters. The molecule has 1 rings (SSSR count). The molecular formula is C12H18N2O. The van der Waals surface area contributed by atoms with Crippen LogP contribution < -0.4 is 10.6 Å². The van der Waals surface area contributed by atoms with Crippen LogP contribution in [-0.2, 0) is 11.2 Å². The number of aryl methyl sites for hydroxylation is 1. The molecule has 0 bridgehead atoms. The summed E-state index contributed by atoms with van der Waals surface area (Å²) >= 11 is 0. The van der Waals surface area contributed by atoms with Crippen molar-refractivity contribution in [2.75, 3.05) is 18.0 Å². The molecule has 3 heteroatoms. The van der Waals surface area contributed by atoms with Gasteiger partial charge in [-0.2, -0.15) is 0 Å². The van der Waals surface area contributed by atoms with Crippen molar-refractivity contribution >= 4 is 11.6 Å². The van der Waals surface area contributed by atoms with Gasteiger partial charge in [0.2, 0.25) is 5.91 Å². The van der Waals surface area contributed by atoms with Gasteiger partial charge < -0.3 is 10.6 Å². The molecule has 0 atom stereocenters. The predicted octanol–water partition coefficient (Wildman–Crippen LogP) is 1.56. The Bertz CT molecular complexity index is 319. The van der Waals surface area contributed by atoms with E-state index in [4.69, 9.17) is 5.73 Å². The van der Waals surface area contributed by atoms with Gasteiger partial charge in [-0.1, -0.05) is 19.1 Å². The Hall–Kier alpha value is -1.35. The van der Waals surface area contributed by atoms with E-state index in [1.54, 1.807) is 11.8 Å². The third-order valence-corrected chi connectivity index (χ3v) is 2.39. The quantitative estimate of drug-likeness (QED) is 0.812. The molecule has 82 valence electrons. The summed E-state index contributed by atoms with van der Waals surface area (Å²) in [5.74, 6) is 0.0321. The molecule has 15 heavy (non-hydrogen) atoms. The van der Waals surface area contributed by atoms with Gasteiger partial charge in [0.1, 0.15) is 0 Å². The van der Waals surface area contributed by atoms with E-state index in [2.05, 4.69) is 6.92 Å². The number of amides is 1. The Morgan fingerprint density at radius 2 is 1.93 bits per heavy atom. The zero-order valence-electron chi connectivity index (χ0n) is 9.36. The highest BCUT2D eigenvalue weighted by molar-refractivity contribution is 5.91. The maximum atomic E-state index is 11.4. The highest BCUT2D eigenvalue weighted by Gasteiger charge is 2.09. The fraction of sp³-hybridized carbons (Fsp3) is 0.417. The Kier molecular flexibility index (Phi) is 4.31. The first-order valence-electron chi connectivity index (χ1n) is 5.26. The third kappa shape index (κ3) is 3.06. The van der Waals surface area contributed by atoms with E-state index in [9.17, 15) is 4.79 Å². The van der Waals surface area contributed by atoms with Crippen LogP contribution in [0.4, 0.5) is 5.69 Å². The molecule has 2 N–H and O–H groups in total. The zero-order valence-corrected chi connectivity index (χ0v) is 9.36. The van der Waals surface area contributed by atoms with Gasteiger partial charge in [-0.05, 0) is 24.1 Å². The number of nitrogens with zero attached hydrogens (tertiary/aromatic N) is 1. The van der Waals surface area contributed by atoms with Gasteiger partial charge in [0.15, 0.2) is 0 Å². The summed E-state index contributed by atoms with van der Waals surface area (Å²) in [5, 5.41) is 0. The molecule has 0 radical (unpaired) electrons. The van der Waals surface area contributed by atoms with Crippen molar-refractivity contribution in [1.29, 1.82) is 0 Å². The lowest BCUT2D eigenvalue weighted by Crippen LogP contribution is -2.33. The number of carbonyl (C=O) groups is 1. The van der Waals surface area contributed by atoms with Crippen LogP contribution in [0.15, 0.2) is 24.3 Å². The normalized spacial score (nSPS) is 10.1. The number of carbonyl (C=O) groups excluding carboxylic acids is 1. The maximum absolute atomic E-state index is 11.4. The summed E-state index contributed by atoms with van der Waals surface area (Å²) < 4.78 is 0. The third-order valence-electron chi connectivity index (χ3n) is 2.39. The summed E-state index contributed by atoms with van der Waals surface area (Å²) in [4.78, 5) is 13.1. The summed E-state index contributed by atoms with van der Waals surface area (Å²) in [5.41, 5.74) is 7.66. The predicted molar refractivity (Wildman–Crippen MR) is 62.9 cm³/mol. The smallest absolute Gasteiger partial charge is 0.223 e. The first-order valence-corrected chi connectivity index (χ1v) is 5.26. The van der Waals surface area contributed by atoms with Crippen molar-refractivity contribution in [2.45, 2.75) is 20.3 Å². The van der Waals surface area contributed by atoms with E-state index < -0.39 is 0 Å². The second-order valence-electron chi connectivity index (χ2n) is 3.48. The molecule has 1 amide bonds. The Balaban J connectivity index is 2.86. The SMILES string of the molecule is CCc1ccc(N(CCN)C(C)=O)cc1. The van der Waals surface area contributed by atoms with Crippen molar-refractivity contribution in [1.82, 2.24) is 0 Å². The highest BCUT2D eigenvalue weighted by atomic mass is 16.2. The maximum Gasteiger partial charge on any atom is 0.223 e. The monoisotopic (exact) mass is 206 g/mol. The van der Waals surface area contributed by atoms with Crippen LogP contribution >= 0.6 is 0 Å². The van der Waals surface area contributed by atoms with Crippen LogP contribution in [0.5, 0.6) is 0 Å². The number of nitrogens with two attached hydrogens (primary N) is 1. The molecule has 0 aromatic heterocycles. The van der Waals surface area contributed by atoms with Crippen LogP contribution in [0.1, 0.15) is 19.4 Å². The van der Waals surface area contributed by atoms with Gasteiger partial charge in [0.25, 0.3) is 0 Å². The minimum atomic E-state index is 0.0321.